The molecule has 1 aromatic heterocycles. The van der Waals surface area contributed by atoms with E-state index in [2.05, 4.69) is 10.3 Å². The first-order valence-corrected chi connectivity index (χ1v) is 10.2. The topological polar surface area (TPSA) is 65.5 Å². The van der Waals surface area contributed by atoms with Gasteiger partial charge in [-0.15, -0.1) is 0 Å². The van der Waals surface area contributed by atoms with Crippen molar-refractivity contribution < 1.29 is 14.0 Å². The minimum absolute atomic E-state index is 0.0347. The maximum atomic E-state index is 13.3. The lowest BCUT2D eigenvalue weighted by Gasteiger charge is -2.34. The standard InChI is InChI=1S/C23H29FN4O2/c1-23(2,26-21(29)14-16-7-9-18(24)10-8-16)22(30)28-13-5-6-19(28)17-11-12-25-20(15-17)27(3)4/h7-12,15,19H,5-6,13-14H2,1-4H3,(H,26,29). The molecule has 2 aromatic rings. The Labute approximate surface area is 177 Å². The van der Waals surface area contributed by atoms with Crippen molar-refractivity contribution in [2.45, 2.75) is 44.7 Å². The SMILES string of the molecule is CN(C)c1cc(C2CCCN2C(=O)C(C)(C)NC(=O)Cc2ccc(F)cc2)ccn1. The summed E-state index contributed by atoms with van der Waals surface area (Å²) in [4.78, 5) is 34.0. The van der Waals surface area contributed by atoms with Gasteiger partial charge in [-0.3, -0.25) is 9.59 Å². The van der Waals surface area contributed by atoms with E-state index in [1.54, 1.807) is 32.2 Å². The number of anilines is 1. The van der Waals surface area contributed by atoms with E-state index >= 15 is 0 Å². The number of halogens is 1. The molecule has 7 heteroatoms. The quantitative estimate of drug-likeness (QED) is 0.792. The van der Waals surface area contributed by atoms with E-state index in [9.17, 15) is 14.0 Å². The Morgan fingerprint density at radius 2 is 1.93 bits per heavy atom. The summed E-state index contributed by atoms with van der Waals surface area (Å²) in [5, 5.41) is 2.85. The van der Waals surface area contributed by atoms with Crippen LogP contribution < -0.4 is 10.2 Å². The number of nitrogens with zero attached hydrogens (tertiary/aromatic N) is 3. The van der Waals surface area contributed by atoms with Crippen molar-refractivity contribution >= 4 is 17.6 Å². The second kappa shape index (κ2) is 8.81. The first-order chi connectivity index (χ1) is 14.2. The van der Waals surface area contributed by atoms with Gasteiger partial charge in [0.05, 0.1) is 12.5 Å². The second-order valence-electron chi connectivity index (χ2n) is 8.47. The number of likely N-dealkylation sites (tertiary alicyclic amines) is 1. The number of hydrogen-bond donors (Lipinski definition) is 1. The number of carbonyl (C=O) groups is 2. The molecule has 1 aromatic carbocycles. The van der Waals surface area contributed by atoms with Crippen molar-refractivity contribution in [3.8, 4) is 0 Å². The molecule has 6 nitrogen and oxygen atoms in total. The van der Waals surface area contributed by atoms with Crippen LogP contribution in [0.15, 0.2) is 42.6 Å². The highest BCUT2D eigenvalue weighted by Gasteiger charge is 2.39. The van der Waals surface area contributed by atoms with Crippen molar-refractivity contribution in [2.24, 2.45) is 0 Å². The van der Waals surface area contributed by atoms with Crippen LogP contribution in [0.4, 0.5) is 10.2 Å². The molecule has 1 atom stereocenters. The summed E-state index contributed by atoms with van der Waals surface area (Å²) in [5.74, 6) is 0.122. The van der Waals surface area contributed by atoms with E-state index < -0.39 is 5.54 Å². The molecule has 1 saturated heterocycles. The van der Waals surface area contributed by atoms with Gasteiger partial charge in [0.25, 0.3) is 0 Å². The predicted molar refractivity (Wildman–Crippen MR) is 115 cm³/mol. The summed E-state index contributed by atoms with van der Waals surface area (Å²) in [6.07, 6.45) is 3.65. The van der Waals surface area contributed by atoms with Gasteiger partial charge in [-0.05, 0) is 62.1 Å². The molecular formula is C23H29FN4O2. The molecule has 1 N–H and O–H groups in total. The lowest BCUT2D eigenvalue weighted by molar-refractivity contribution is -0.141. The Morgan fingerprint density at radius 3 is 2.60 bits per heavy atom. The zero-order valence-corrected chi connectivity index (χ0v) is 18.0. The molecule has 0 saturated carbocycles. The molecule has 1 unspecified atom stereocenters. The zero-order valence-electron chi connectivity index (χ0n) is 18.0. The molecule has 0 radical (unpaired) electrons. The normalized spacial score (nSPS) is 16.4. The number of rotatable bonds is 6. The van der Waals surface area contributed by atoms with E-state index in [4.69, 9.17) is 0 Å². The van der Waals surface area contributed by atoms with Crippen LogP contribution in [0.1, 0.15) is 43.9 Å². The van der Waals surface area contributed by atoms with Gasteiger partial charge in [-0.1, -0.05) is 12.1 Å². The molecule has 2 amide bonds. The molecule has 0 spiro atoms. The Kier molecular flexibility index (Phi) is 6.39. The summed E-state index contributed by atoms with van der Waals surface area (Å²) in [7, 11) is 3.87. The molecule has 1 aliphatic rings. The Bertz CT molecular complexity index is 912. The van der Waals surface area contributed by atoms with Gasteiger partial charge in [-0.2, -0.15) is 0 Å². The fraction of sp³-hybridized carbons (Fsp3) is 0.435. The lowest BCUT2D eigenvalue weighted by Crippen LogP contribution is -2.56. The molecule has 0 bridgehead atoms. The summed E-state index contributed by atoms with van der Waals surface area (Å²) in [6, 6.07) is 9.72. The molecule has 1 fully saturated rings. The number of hydrogen-bond acceptors (Lipinski definition) is 4. The maximum absolute atomic E-state index is 13.3. The largest absolute Gasteiger partial charge is 0.363 e. The van der Waals surface area contributed by atoms with Gasteiger partial charge < -0.3 is 15.1 Å². The minimum atomic E-state index is -1.04. The maximum Gasteiger partial charge on any atom is 0.248 e. The Balaban J connectivity index is 1.70. The van der Waals surface area contributed by atoms with Crippen LogP contribution in [0.2, 0.25) is 0 Å². The van der Waals surface area contributed by atoms with E-state index in [0.29, 0.717) is 12.1 Å². The van der Waals surface area contributed by atoms with E-state index in [0.717, 1.165) is 24.2 Å². The first kappa shape index (κ1) is 21.7. The van der Waals surface area contributed by atoms with Crippen LogP contribution in [-0.4, -0.2) is 47.9 Å². The van der Waals surface area contributed by atoms with Crippen molar-refractivity contribution in [3.63, 3.8) is 0 Å². The van der Waals surface area contributed by atoms with Crippen molar-refractivity contribution in [1.29, 1.82) is 0 Å². The molecule has 1 aliphatic heterocycles. The zero-order chi connectivity index (χ0) is 21.9. The van der Waals surface area contributed by atoms with Crippen LogP contribution in [0.25, 0.3) is 0 Å². The van der Waals surface area contributed by atoms with Crippen LogP contribution in [0.5, 0.6) is 0 Å². The molecular weight excluding hydrogens is 383 g/mol. The number of benzene rings is 1. The highest BCUT2D eigenvalue weighted by atomic mass is 19.1. The second-order valence-corrected chi connectivity index (χ2v) is 8.47. The predicted octanol–water partition coefficient (Wildman–Crippen LogP) is 3.09. The highest BCUT2D eigenvalue weighted by molar-refractivity contribution is 5.91. The van der Waals surface area contributed by atoms with Crippen molar-refractivity contribution in [2.75, 3.05) is 25.5 Å². The van der Waals surface area contributed by atoms with Crippen LogP contribution in [0, 0.1) is 5.82 Å². The van der Waals surface area contributed by atoms with Gasteiger partial charge in [-0.25, -0.2) is 9.37 Å². The summed E-state index contributed by atoms with van der Waals surface area (Å²) in [5.41, 5.74) is 0.703. The lowest BCUT2D eigenvalue weighted by atomic mass is 9.99. The van der Waals surface area contributed by atoms with E-state index in [-0.39, 0.29) is 30.1 Å². The Hall–Kier alpha value is -2.96. The van der Waals surface area contributed by atoms with Crippen LogP contribution >= 0.6 is 0 Å². The fourth-order valence-corrected chi connectivity index (χ4v) is 3.84. The molecule has 30 heavy (non-hydrogen) atoms. The summed E-state index contributed by atoms with van der Waals surface area (Å²) < 4.78 is 13.1. The first-order valence-electron chi connectivity index (χ1n) is 10.2. The third-order valence-electron chi connectivity index (χ3n) is 5.39. The van der Waals surface area contributed by atoms with Gasteiger partial charge >= 0.3 is 0 Å². The average molecular weight is 413 g/mol. The third kappa shape index (κ3) is 4.96. The van der Waals surface area contributed by atoms with Gasteiger partial charge in [0.2, 0.25) is 11.8 Å². The number of pyridine rings is 1. The smallest absolute Gasteiger partial charge is 0.248 e. The van der Waals surface area contributed by atoms with Gasteiger partial charge in [0.15, 0.2) is 0 Å². The minimum Gasteiger partial charge on any atom is -0.363 e. The molecule has 160 valence electrons. The number of nitrogens with one attached hydrogen (secondary N) is 1. The van der Waals surface area contributed by atoms with Crippen LogP contribution in [0.3, 0.4) is 0 Å². The average Bonchev–Trinajstić information content (AvgIpc) is 3.18. The number of aromatic nitrogens is 1. The molecule has 0 aliphatic carbocycles. The molecule has 3 rings (SSSR count). The van der Waals surface area contributed by atoms with Crippen LogP contribution in [-0.2, 0) is 16.0 Å². The van der Waals surface area contributed by atoms with Gasteiger partial charge in [0.1, 0.15) is 17.2 Å². The number of amides is 2. The summed E-state index contributed by atoms with van der Waals surface area (Å²) >= 11 is 0. The summed E-state index contributed by atoms with van der Waals surface area (Å²) in [6.45, 7) is 4.11. The third-order valence-corrected chi connectivity index (χ3v) is 5.39. The highest BCUT2D eigenvalue weighted by Crippen LogP contribution is 2.34. The van der Waals surface area contributed by atoms with Crippen molar-refractivity contribution in [1.82, 2.24) is 15.2 Å². The number of carbonyl (C=O) groups excluding carboxylic acids is 2. The van der Waals surface area contributed by atoms with E-state index in [1.807, 2.05) is 36.0 Å². The Morgan fingerprint density at radius 1 is 1.23 bits per heavy atom. The molecule has 2 heterocycles. The van der Waals surface area contributed by atoms with E-state index in [1.165, 1.54) is 12.1 Å². The fourth-order valence-electron chi connectivity index (χ4n) is 3.84. The monoisotopic (exact) mass is 412 g/mol. The van der Waals surface area contributed by atoms with Crippen molar-refractivity contribution in [3.05, 3.63) is 59.5 Å². The van der Waals surface area contributed by atoms with Gasteiger partial charge in [0, 0.05) is 26.8 Å².